The Morgan fingerprint density at radius 2 is 2.18 bits per heavy atom. The molecule has 0 heterocycles. The van der Waals surface area contributed by atoms with Gasteiger partial charge in [-0.3, -0.25) is 9.09 Å². The number of aliphatic hydroxyl groups is 1. The summed E-state index contributed by atoms with van der Waals surface area (Å²) >= 11 is 0. The standard InChI is InChI=1S/C4H13N2O4P/c1-3(6)10-11(8,9)4(7)2-5/h3-4,7H,2,5-6H2,1H3,(H,8,9). The number of aliphatic hydroxyl groups excluding tert-OH is 1. The van der Waals surface area contributed by atoms with E-state index in [-0.39, 0.29) is 6.54 Å². The lowest BCUT2D eigenvalue weighted by molar-refractivity contribution is 0.144. The molecular weight excluding hydrogens is 171 g/mol. The molecule has 0 aromatic rings. The van der Waals surface area contributed by atoms with Gasteiger partial charge in [-0.15, -0.1) is 0 Å². The molecule has 0 rings (SSSR count). The monoisotopic (exact) mass is 184 g/mol. The smallest absolute Gasteiger partial charge is 0.359 e. The molecule has 0 aromatic carbocycles. The summed E-state index contributed by atoms with van der Waals surface area (Å²) in [5.74, 6) is -1.56. The highest BCUT2D eigenvalue weighted by atomic mass is 31.2. The van der Waals surface area contributed by atoms with E-state index in [1.807, 2.05) is 0 Å². The number of nitrogens with two attached hydrogens (primary N) is 2. The molecule has 7 heteroatoms. The number of hydrogen-bond donors (Lipinski definition) is 4. The Balaban J connectivity index is 4.10. The van der Waals surface area contributed by atoms with Crippen molar-refractivity contribution in [1.29, 1.82) is 0 Å². The van der Waals surface area contributed by atoms with Crippen LogP contribution >= 0.6 is 7.60 Å². The van der Waals surface area contributed by atoms with Crippen molar-refractivity contribution in [2.24, 2.45) is 11.5 Å². The molecule has 0 aliphatic heterocycles. The van der Waals surface area contributed by atoms with Crippen LogP contribution in [0.4, 0.5) is 0 Å². The van der Waals surface area contributed by atoms with Crippen molar-refractivity contribution in [2.45, 2.75) is 19.0 Å². The van der Waals surface area contributed by atoms with Crippen LogP contribution in [0.15, 0.2) is 0 Å². The van der Waals surface area contributed by atoms with Crippen molar-refractivity contribution in [3.63, 3.8) is 0 Å². The Morgan fingerprint density at radius 3 is 2.45 bits per heavy atom. The molecule has 0 saturated heterocycles. The molecule has 0 fully saturated rings. The molecule has 6 nitrogen and oxygen atoms in total. The van der Waals surface area contributed by atoms with Gasteiger partial charge in [0.15, 0.2) is 5.85 Å². The first kappa shape index (κ1) is 11.0. The number of hydrogen-bond acceptors (Lipinski definition) is 5. The molecule has 0 spiro atoms. The summed E-state index contributed by atoms with van der Waals surface area (Å²) in [6, 6.07) is 0. The van der Waals surface area contributed by atoms with Crippen molar-refractivity contribution in [2.75, 3.05) is 6.54 Å². The molecular formula is C4H13N2O4P. The van der Waals surface area contributed by atoms with E-state index in [0.29, 0.717) is 0 Å². The lowest BCUT2D eigenvalue weighted by Gasteiger charge is -2.18. The molecule has 0 bridgehead atoms. The van der Waals surface area contributed by atoms with Crippen molar-refractivity contribution < 1.29 is 19.1 Å². The predicted octanol–water partition coefficient (Wildman–Crippen LogP) is -1.23. The van der Waals surface area contributed by atoms with Crippen LogP contribution < -0.4 is 11.5 Å². The van der Waals surface area contributed by atoms with Gasteiger partial charge in [-0.05, 0) is 6.92 Å². The highest BCUT2D eigenvalue weighted by Crippen LogP contribution is 2.46. The minimum atomic E-state index is -4.03. The molecule has 6 N–H and O–H groups in total. The Hall–Kier alpha value is 0.0300. The molecule has 0 saturated carbocycles. The van der Waals surface area contributed by atoms with Gasteiger partial charge in [0.1, 0.15) is 6.23 Å². The Labute approximate surface area is 64.7 Å². The minimum Gasteiger partial charge on any atom is -0.379 e. The van der Waals surface area contributed by atoms with Crippen molar-refractivity contribution in [1.82, 2.24) is 0 Å². The second kappa shape index (κ2) is 4.15. The highest BCUT2D eigenvalue weighted by Gasteiger charge is 2.30. The van der Waals surface area contributed by atoms with Crippen LogP contribution in [0, 0.1) is 0 Å². The minimum absolute atomic E-state index is 0.333. The van der Waals surface area contributed by atoms with E-state index < -0.39 is 19.7 Å². The lowest BCUT2D eigenvalue weighted by atomic mass is 10.7. The summed E-state index contributed by atoms with van der Waals surface area (Å²) in [6.45, 7) is 1.05. The van der Waals surface area contributed by atoms with Crippen LogP contribution in [0.25, 0.3) is 0 Å². The first-order valence-corrected chi connectivity index (χ1v) is 4.69. The highest BCUT2D eigenvalue weighted by molar-refractivity contribution is 7.53. The van der Waals surface area contributed by atoms with Crippen molar-refractivity contribution in [3.05, 3.63) is 0 Å². The van der Waals surface area contributed by atoms with E-state index in [4.69, 9.17) is 21.5 Å². The van der Waals surface area contributed by atoms with Gasteiger partial charge in [0, 0.05) is 6.54 Å². The van der Waals surface area contributed by atoms with Crippen LogP contribution in [0.1, 0.15) is 6.92 Å². The average molecular weight is 184 g/mol. The van der Waals surface area contributed by atoms with Gasteiger partial charge < -0.3 is 21.5 Å². The molecule has 0 aliphatic rings. The maximum Gasteiger partial charge on any atom is 0.359 e. The third kappa shape index (κ3) is 3.81. The van der Waals surface area contributed by atoms with Crippen LogP contribution in [0.3, 0.4) is 0 Å². The SMILES string of the molecule is CC(N)OP(=O)(O)C(O)CN. The van der Waals surface area contributed by atoms with E-state index in [9.17, 15) is 4.57 Å². The summed E-state index contributed by atoms with van der Waals surface area (Å²) in [7, 11) is -4.03. The van der Waals surface area contributed by atoms with Crippen molar-refractivity contribution in [3.8, 4) is 0 Å². The molecule has 68 valence electrons. The molecule has 3 unspecified atom stereocenters. The summed E-state index contributed by atoms with van der Waals surface area (Å²) < 4.78 is 15.2. The summed E-state index contributed by atoms with van der Waals surface area (Å²) in [6.07, 6.45) is -0.896. The van der Waals surface area contributed by atoms with Crippen LogP contribution in [-0.4, -0.2) is 28.6 Å². The molecule has 0 aliphatic carbocycles. The van der Waals surface area contributed by atoms with E-state index in [2.05, 4.69) is 4.52 Å². The summed E-state index contributed by atoms with van der Waals surface area (Å²) in [5.41, 5.74) is 10.00. The van der Waals surface area contributed by atoms with E-state index in [0.717, 1.165) is 0 Å². The van der Waals surface area contributed by atoms with E-state index in [1.165, 1.54) is 6.92 Å². The second-order valence-corrected chi connectivity index (χ2v) is 4.03. The summed E-state index contributed by atoms with van der Waals surface area (Å²) in [5, 5.41) is 8.82. The van der Waals surface area contributed by atoms with Gasteiger partial charge in [0.25, 0.3) is 0 Å². The normalized spacial score (nSPS) is 22.3. The first-order chi connectivity index (χ1) is 4.90. The molecule has 11 heavy (non-hydrogen) atoms. The zero-order valence-electron chi connectivity index (χ0n) is 6.17. The Kier molecular flexibility index (Phi) is 4.17. The first-order valence-electron chi connectivity index (χ1n) is 3.04. The van der Waals surface area contributed by atoms with Crippen molar-refractivity contribution >= 4 is 7.60 Å². The maximum absolute atomic E-state index is 10.9. The van der Waals surface area contributed by atoms with Gasteiger partial charge >= 0.3 is 7.60 Å². The fourth-order valence-corrected chi connectivity index (χ4v) is 1.33. The average Bonchev–Trinajstić information content (AvgIpc) is 1.83. The molecule has 3 atom stereocenters. The topological polar surface area (TPSA) is 119 Å². The number of rotatable bonds is 4. The van der Waals surface area contributed by atoms with Gasteiger partial charge in [-0.2, -0.15) is 0 Å². The predicted molar refractivity (Wildman–Crippen MR) is 39.6 cm³/mol. The van der Waals surface area contributed by atoms with Crippen LogP contribution in [0.2, 0.25) is 0 Å². The van der Waals surface area contributed by atoms with E-state index >= 15 is 0 Å². The summed E-state index contributed by atoms with van der Waals surface area (Å²) in [4.78, 5) is 8.88. The Bertz CT molecular complexity index is 162. The zero-order chi connectivity index (χ0) is 9.07. The lowest BCUT2D eigenvalue weighted by Crippen LogP contribution is -2.25. The second-order valence-electron chi connectivity index (χ2n) is 2.09. The quantitative estimate of drug-likeness (QED) is 0.321. The van der Waals surface area contributed by atoms with Crippen LogP contribution in [-0.2, 0) is 9.09 Å². The van der Waals surface area contributed by atoms with E-state index in [1.54, 1.807) is 0 Å². The van der Waals surface area contributed by atoms with Gasteiger partial charge in [-0.25, -0.2) is 0 Å². The zero-order valence-corrected chi connectivity index (χ0v) is 7.07. The van der Waals surface area contributed by atoms with Gasteiger partial charge in [0.2, 0.25) is 0 Å². The molecule has 0 radical (unpaired) electrons. The molecule has 0 aromatic heterocycles. The fourth-order valence-electron chi connectivity index (χ4n) is 0.442. The maximum atomic E-state index is 10.9. The molecule has 0 amide bonds. The van der Waals surface area contributed by atoms with Gasteiger partial charge in [-0.1, -0.05) is 0 Å². The van der Waals surface area contributed by atoms with Gasteiger partial charge in [0.05, 0.1) is 0 Å². The Morgan fingerprint density at radius 1 is 1.73 bits per heavy atom. The largest absolute Gasteiger partial charge is 0.379 e. The fraction of sp³-hybridized carbons (Fsp3) is 1.00. The van der Waals surface area contributed by atoms with Crippen LogP contribution in [0.5, 0.6) is 0 Å². The third-order valence-corrected chi connectivity index (χ3v) is 2.50. The third-order valence-electron chi connectivity index (χ3n) is 0.905.